The van der Waals surface area contributed by atoms with Crippen LogP contribution in [0.5, 0.6) is 0 Å². The summed E-state index contributed by atoms with van der Waals surface area (Å²) in [4.78, 5) is 82.1. The topological polar surface area (TPSA) is 184 Å². The number of nitrogens with one attached hydrogen (secondary N) is 4. The Labute approximate surface area is 407 Å². The summed E-state index contributed by atoms with van der Waals surface area (Å²) in [6.07, 6.45) is 16.7. The molecule has 0 unspecified atom stereocenters. The minimum Gasteiger partial charge on any atom is -0.378 e. The van der Waals surface area contributed by atoms with Crippen molar-refractivity contribution in [1.29, 1.82) is 0 Å². The molecule has 5 aliphatic heterocycles. The highest BCUT2D eigenvalue weighted by Crippen LogP contribution is 2.56. The van der Waals surface area contributed by atoms with E-state index in [1.165, 1.54) is 48.9 Å². The SMILES string of the molecule is CC(C)[C@H](NC(=O)N1CCOCC1)C(=O)N1CCC[C@H]1c1ncc(-c2ccc(N3CCC(c4cnc([C@@H]5CCCN5C(=O)[C@@H](NC(=O)N5CCOCC5)C(C)C)[nH]4)CC3)c3c2CCC32CCCC2)[nH]1. The third-order valence-electron chi connectivity index (χ3n) is 16.7. The maximum absolute atomic E-state index is 14.2. The van der Waals surface area contributed by atoms with Crippen LogP contribution in [0.4, 0.5) is 15.3 Å². The molecule has 17 nitrogen and oxygen atoms in total. The molecule has 10 rings (SSSR count). The molecule has 0 bridgehead atoms. The van der Waals surface area contributed by atoms with E-state index < -0.39 is 12.1 Å². The molecule has 7 aliphatic rings. The normalized spacial score (nSPS) is 23.9. The Bertz CT molecular complexity index is 2320. The lowest BCUT2D eigenvalue weighted by atomic mass is 9.78. The van der Waals surface area contributed by atoms with Crippen molar-refractivity contribution in [3.63, 3.8) is 0 Å². The summed E-state index contributed by atoms with van der Waals surface area (Å²) < 4.78 is 10.9. The fourth-order valence-electron chi connectivity index (χ4n) is 12.8. The molecule has 17 heteroatoms. The first-order valence-electron chi connectivity index (χ1n) is 26.4. The third-order valence-corrected chi connectivity index (χ3v) is 16.7. The number of rotatable bonds is 11. The van der Waals surface area contributed by atoms with Crippen LogP contribution in [0.15, 0.2) is 24.5 Å². The van der Waals surface area contributed by atoms with E-state index in [1.54, 1.807) is 15.4 Å². The minimum atomic E-state index is -0.623. The Hall–Kier alpha value is -5.16. The first kappa shape index (κ1) is 47.5. The summed E-state index contributed by atoms with van der Waals surface area (Å²) in [5.74, 6) is 1.80. The molecule has 5 saturated heterocycles. The monoisotopic (exact) mass is 950 g/mol. The van der Waals surface area contributed by atoms with E-state index in [4.69, 9.17) is 19.4 Å². The zero-order valence-corrected chi connectivity index (χ0v) is 41.4. The zero-order chi connectivity index (χ0) is 47.8. The molecule has 0 radical (unpaired) electrons. The quantitative estimate of drug-likeness (QED) is 0.169. The number of benzene rings is 1. The number of piperidine rings is 1. The molecule has 2 aliphatic carbocycles. The fourth-order valence-corrected chi connectivity index (χ4v) is 12.8. The number of fused-ring (bicyclic) bond motifs is 2. The van der Waals surface area contributed by atoms with Gasteiger partial charge in [0.25, 0.3) is 0 Å². The number of ether oxygens (including phenoxy) is 2. The predicted octanol–water partition coefficient (Wildman–Crippen LogP) is 6.40. The Morgan fingerprint density at radius 3 is 1.74 bits per heavy atom. The van der Waals surface area contributed by atoms with E-state index in [0.29, 0.717) is 71.6 Å². The van der Waals surface area contributed by atoms with Crippen molar-refractivity contribution < 1.29 is 28.7 Å². The Morgan fingerprint density at radius 2 is 1.19 bits per heavy atom. The van der Waals surface area contributed by atoms with E-state index in [9.17, 15) is 19.2 Å². The van der Waals surface area contributed by atoms with Crippen molar-refractivity contribution in [1.82, 2.24) is 50.2 Å². The van der Waals surface area contributed by atoms with Crippen LogP contribution in [-0.2, 0) is 30.9 Å². The van der Waals surface area contributed by atoms with Crippen molar-refractivity contribution in [3.8, 4) is 11.3 Å². The van der Waals surface area contributed by atoms with Gasteiger partial charge in [0.05, 0.1) is 50.4 Å². The van der Waals surface area contributed by atoms with Gasteiger partial charge in [-0.05, 0) is 98.7 Å². The average Bonchev–Trinajstić information content (AvgIpc) is 4.24. The summed E-state index contributed by atoms with van der Waals surface area (Å²) in [5.41, 5.74) is 7.98. The van der Waals surface area contributed by atoms with Crippen molar-refractivity contribution >= 4 is 29.6 Å². The molecule has 6 fully saturated rings. The second-order valence-corrected chi connectivity index (χ2v) is 21.6. The minimum absolute atomic E-state index is 0.0396. The predicted molar refractivity (Wildman–Crippen MR) is 262 cm³/mol. The Morgan fingerprint density at radius 1 is 0.652 bits per heavy atom. The zero-order valence-electron chi connectivity index (χ0n) is 41.4. The number of likely N-dealkylation sites (tertiary alicyclic amines) is 2. The fraction of sp³-hybridized carbons (Fsp3) is 0.692. The van der Waals surface area contributed by atoms with Crippen LogP contribution >= 0.6 is 0 Å². The van der Waals surface area contributed by atoms with Gasteiger partial charge in [-0.3, -0.25) is 9.59 Å². The van der Waals surface area contributed by atoms with E-state index in [2.05, 4.69) is 37.6 Å². The van der Waals surface area contributed by atoms with Crippen LogP contribution in [0, 0.1) is 11.8 Å². The van der Waals surface area contributed by atoms with Crippen molar-refractivity contribution in [2.24, 2.45) is 11.8 Å². The van der Waals surface area contributed by atoms with Gasteiger partial charge in [-0.1, -0.05) is 46.6 Å². The highest BCUT2D eigenvalue weighted by Gasteiger charge is 2.46. The molecule has 6 amide bonds. The van der Waals surface area contributed by atoms with Gasteiger partial charge in [0, 0.05) is 81.4 Å². The summed E-state index contributed by atoms with van der Waals surface area (Å²) in [5, 5.41) is 6.13. The Balaban J connectivity index is 0.818. The molecule has 1 aromatic carbocycles. The van der Waals surface area contributed by atoms with Crippen LogP contribution < -0.4 is 15.5 Å². The number of urea groups is 2. The number of aromatic nitrogens is 4. The molecular weight excluding hydrogens is 875 g/mol. The van der Waals surface area contributed by atoms with Gasteiger partial charge in [-0.2, -0.15) is 0 Å². The summed E-state index contributed by atoms with van der Waals surface area (Å²) >= 11 is 0. The molecule has 69 heavy (non-hydrogen) atoms. The lowest BCUT2D eigenvalue weighted by Crippen LogP contribution is -2.55. The van der Waals surface area contributed by atoms with Gasteiger partial charge in [-0.15, -0.1) is 0 Å². The first-order valence-corrected chi connectivity index (χ1v) is 26.4. The largest absolute Gasteiger partial charge is 0.378 e. The summed E-state index contributed by atoms with van der Waals surface area (Å²) in [6, 6.07) is 2.73. The number of imidazole rings is 2. The number of amides is 6. The van der Waals surface area contributed by atoms with E-state index in [0.717, 1.165) is 81.1 Å². The average molecular weight is 950 g/mol. The number of carbonyl (C=O) groups is 4. The second kappa shape index (κ2) is 20.3. The Kier molecular flexibility index (Phi) is 14.0. The van der Waals surface area contributed by atoms with Crippen molar-refractivity contribution in [3.05, 3.63) is 53.0 Å². The van der Waals surface area contributed by atoms with Crippen LogP contribution in [0.3, 0.4) is 0 Å². The van der Waals surface area contributed by atoms with Gasteiger partial charge in [0.2, 0.25) is 11.8 Å². The van der Waals surface area contributed by atoms with Gasteiger partial charge < -0.3 is 54.6 Å². The molecule has 374 valence electrons. The number of anilines is 1. The van der Waals surface area contributed by atoms with Gasteiger partial charge in [0.1, 0.15) is 23.7 Å². The van der Waals surface area contributed by atoms with E-state index in [-0.39, 0.29) is 53.2 Å². The molecule has 4 N–H and O–H groups in total. The lowest BCUT2D eigenvalue weighted by molar-refractivity contribution is -0.136. The lowest BCUT2D eigenvalue weighted by Gasteiger charge is -2.37. The molecule has 4 atom stereocenters. The van der Waals surface area contributed by atoms with Crippen molar-refractivity contribution in [2.75, 3.05) is 83.7 Å². The van der Waals surface area contributed by atoms with Crippen LogP contribution in [0.25, 0.3) is 11.3 Å². The molecule has 7 heterocycles. The smallest absolute Gasteiger partial charge is 0.318 e. The molecule has 1 saturated carbocycles. The molecule has 2 aromatic heterocycles. The van der Waals surface area contributed by atoms with Gasteiger partial charge in [0.15, 0.2) is 0 Å². The van der Waals surface area contributed by atoms with Crippen LogP contribution in [0.1, 0.15) is 145 Å². The number of H-pyrrole nitrogens is 2. The number of carbonyl (C=O) groups excluding carboxylic acids is 4. The maximum Gasteiger partial charge on any atom is 0.318 e. The van der Waals surface area contributed by atoms with Crippen LogP contribution in [0.2, 0.25) is 0 Å². The first-order chi connectivity index (χ1) is 33.5. The van der Waals surface area contributed by atoms with Gasteiger partial charge in [-0.25, -0.2) is 19.6 Å². The summed E-state index contributed by atoms with van der Waals surface area (Å²) in [7, 11) is 0. The maximum atomic E-state index is 14.2. The molecule has 3 aromatic rings. The molecule has 1 spiro atoms. The number of morpholine rings is 2. The second-order valence-electron chi connectivity index (χ2n) is 21.6. The summed E-state index contributed by atoms with van der Waals surface area (Å²) in [6.45, 7) is 15.3. The number of aromatic amines is 2. The van der Waals surface area contributed by atoms with E-state index in [1.807, 2.05) is 49.9 Å². The number of nitrogens with zero attached hydrogens (tertiary/aromatic N) is 7. The standard InChI is InChI=1S/C52H75N11O6/c1-33(2)44(57-50(66)60-23-27-68-28-24-60)48(64)62-19-7-9-41(62)46-53-31-38(55-46)35-14-21-59(22-15-35)40-12-11-36(37-13-18-52(43(37)40)16-5-6-17-52)39-32-54-47(56-39)42-10-8-20-63(42)49(65)45(34(3)4)58-51(67)61-25-29-69-30-26-61/h11-12,31-35,41-42,44-45H,5-10,13-30H2,1-4H3,(H,53,55)(H,54,56)(H,57,66)(H,58,67)/t41-,42-,44-,45-/m0/s1. The number of hydrogen-bond donors (Lipinski definition) is 4. The highest BCUT2D eigenvalue weighted by atomic mass is 16.5. The highest BCUT2D eigenvalue weighted by molar-refractivity contribution is 5.89. The number of hydrogen-bond acceptors (Lipinski definition) is 9. The van der Waals surface area contributed by atoms with Gasteiger partial charge >= 0.3 is 12.1 Å². The molecular formula is C52H75N11O6. The van der Waals surface area contributed by atoms with E-state index >= 15 is 0 Å². The third kappa shape index (κ3) is 9.46. The van der Waals surface area contributed by atoms with Crippen LogP contribution in [-0.4, -0.2) is 154 Å². The van der Waals surface area contributed by atoms with Crippen molar-refractivity contribution in [2.45, 2.75) is 140 Å².